The summed E-state index contributed by atoms with van der Waals surface area (Å²) in [5.74, 6) is 0.392. The third-order valence-electron chi connectivity index (χ3n) is 3.19. The Hall–Kier alpha value is -1.35. The van der Waals surface area contributed by atoms with Crippen LogP contribution in [0.25, 0.3) is 0 Å². The molecule has 86 valence electrons. The molecule has 3 nitrogen and oxygen atoms in total. The molecule has 0 saturated heterocycles. The Balaban J connectivity index is 1.96. The number of fused-ring (bicyclic) bond motifs is 1. The lowest BCUT2D eigenvalue weighted by Gasteiger charge is -2.14. The van der Waals surface area contributed by atoms with Gasteiger partial charge in [-0.05, 0) is 30.9 Å². The lowest BCUT2D eigenvalue weighted by molar-refractivity contribution is -0.122. The standard InChI is InChI=1S/C13H18N2O/c1-9(14)13(16)15-8-11-7-6-10-4-2-3-5-12(10)11/h2-5,9,11H,6-8,14H2,1H3,(H,15,16)/t9-,11?/m0/s1. The molecule has 3 N–H and O–H groups in total. The largest absolute Gasteiger partial charge is 0.354 e. The van der Waals surface area contributed by atoms with Crippen molar-refractivity contribution in [2.45, 2.75) is 31.7 Å². The van der Waals surface area contributed by atoms with Gasteiger partial charge in [-0.3, -0.25) is 4.79 Å². The molecule has 0 heterocycles. The molecular formula is C13H18N2O. The van der Waals surface area contributed by atoms with Crippen LogP contribution in [0.4, 0.5) is 0 Å². The number of carbonyl (C=O) groups excluding carboxylic acids is 1. The first-order chi connectivity index (χ1) is 7.68. The summed E-state index contributed by atoms with van der Waals surface area (Å²) < 4.78 is 0. The third-order valence-corrected chi connectivity index (χ3v) is 3.19. The Bertz CT molecular complexity index is 387. The Kier molecular flexibility index (Phi) is 3.25. The highest BCUT2D eigenvalue weighted by Crippen LogP contribution is 2.31. The maximum Gasteiger partial charge on any atom is 0.236 e. The van der Waals surface area contributed by atoms with Crippen LogP contribution >= 0.6 is 0 Å². The predicted molar refractivity (Wildman–Crippen MR) is 64.2 cm³/mol. The van der Waals surface area contributed by atoms with E-state index in [1.807, 2.05) is 0 Å². The molecule has 3 heteroatoms. The molecule has 0 saturated carbocycles. The molecule has 1 aromatic carbocycles. The molecule has 0 aromatic heterocycles. The van der Waals surface area contributed by atoms with Crippen LogP contribution in [-0.2, 0) is 11.2 Å². The second kappa shape index (κ2) is 4.66. The Morgan fingerprint density at radius 1 is 1.56 bits per heavy atom. The van der Waals surface area contributed by atoms with Crippen LogP contribution in [0.3, 0.4) is 0 Å². The molecule has 2 atom stereocenters. The maximum absolute atomic E-state index is 11.4. The summed E-state index contributed by atoms with van der Waals surface area (Å²) in [6, 6.07) is 8.04. The number of amides is 1. The van der Waals surface area contributed by atoms with Crippen molar-refractivity contribution in [2.75, 3.05) is 6.54 Å². The molecular weight excluding hydrogens is 200 g/mol. The molecule has 1 aromatic rings. The average molecular weight is 218 g/mol. The van der Waals surface area contributed by atoms with Crippen LogP contribution in [0.5, 0.6) is 0 Å². The van der Waals surface area contributed by atoms with Crippen molar-refractivity contribution < 1.29 is 4.79 Å². The van der Waals surface area contributed by atoms with E-state index in [1.165, 1.54) is 11.1 Å². The van der Waals surface area contributed by atoms with Crippen molar-refractivity contribution in [1.29, 1.82) is 0 Å². The lowest BCUT2D eigenvalue weighted by atomic mass is 10.0. The predicted octanol–water partition coefficient (Wildman–Crippen LogP) is 1.18. The van der Waals surface area contributed by atoms with Gasteiger partial charge in [0.1, 0.15) is 0 Å². The number of benzene rings is 1. The summed E-state index contributed by atoms with van der Waals surface area (Å²) in [5, 5.41) is 2.90. The summed E-state index contributed by atoms with van der Waals surface area (Å²) in [6.07, 6.45) is 2.24. The van der Waals surface area contributed by atoms with Crippen molar-refractivity contribution >= 4 is 5.91 Å². The topological polar surface area (TPSA) is 55.1 Å². The van der Waals surface area contributed by atoms with Gasteiger partial charge in [0, 0.05) is 12.5 Å². The summed E-state index contributed by atoms with van der Waals surface area (Å²) in [5.41, 5.74) is 8.30. The van der Waals surface area contributed by atoms with Crippen LogP contribution < -0.4 is 11.1 Å². The van der Waals surface area contributed by atoms with Crippen molar-refractivity contribution in [3.05, 3.63) is 35.4 Å². The second-order valence-corrected chi connectivity index (χ2v) is 4.47. The van der Waals surface area contributed by atoms with Gasteiger partial charge < -0.3 is 11.1 Å². The van der Waals surface area contributed by atoms with E-state index in [0.717, 1.165) is 12.8 Å². The second-order valence-electron chi connectivity index (χ2n) is 4.47. The Labute approximate surface area is 96.0 Å². The molecule has 1 aliphatic carbocycles. The quantitative estimate of drug-likeness (QED) is 0.800. The van der Waals surface area contributed by atoms with Gasteiger partial charge in [-0.25, -0.2) is 0 Å². The third kappa shape index (κ3) is 2.25. The summed E-state index contributed by atoms with van der Waals surface area (Å²) in [7, 11) is 0. The molecule has 16 heavy (non-hydrogen) atoms. The average Bonchev–Trinajstić information content (AvgIpc) is 2.69. The number of hydrogen-bond donors (Lipinski definition) is 2. The summed E-state index contributed by atoms with van der Waals surface area (Å²) in [4.78, 5) is 11.4. The van der Waals surface area contributed by atoms with E-state index < -0.39 is 6.04 Å². The highest BCUT2D eigenvalue weighted by molar-refractivity contribution is 5.81. The molecule has 1 aliphatic rings. The van der Waals surface area contributed by atoms with Crippen molar-refractivity contribution in [3.8, 4) is 0 Å². The van der Waals surface area contributed by atoms with Gasteiger partial charge in [-0.2, -0.15) is 0 Å². The molecule has 0 aliphatic heterocycles. The highest BCUT2D eigenvalue weighted by Gasteiger charge is 2.22. The minimum Gasteiger partial charge on any atom is -0.354 e. The maximum atomic E-state index is 11.4. The van der Waals surface area contributed by atoms with E-state index in [0.29, 0.717) is 12.5 Å². The molecule has 0 radical (unpaired) electrons. The fraction of sp³-hybridized carbons (Fsp3) is 0.462. The lowest BCUT2D eigenvalue weighted by Crippen LogP contribution is -2.39. The van der Waals surface area contributed by atoms with Crippen LogP contribution in [0.1, 0.15) is 30.4 Å². The normalized spacial score (nSPS) is 20.2. The van der Waals surface area contributed by atoms with E-state index >= 15 is 0 Å². The monoisotopic (exact) mass is 218 g/mol. The molecule has 1 unspecified atom stereocenters. The molecule has 0 fully saturated rings. The van der Waals surface area contributed by atoms with Crippen molar-refractivity contribution in [2.24, 2.45) is 5.73 Å². The summed E-state index contributed by atoms with van der Waals surface area (Å²) >= 11 is 0. The Morgan fingerprint density at radius 3 is 3.06 bits per heavy atom. The number of nitrogens with two attached hydrogens (primary N) is 1. The number of carbonyl (C=O) groups is 1. The zero-order chi connectivity index (χ0) is 11.5. The molecule has 1 amide bonds. The number of rotatable bonds is 3. The van der Waals surface area contributed by atoms with Gasteiger partial charge in [-0.1, -0.05) is 24.3 Å². The number of nitrogens with one attached hydrogen (secondary N) is 1. The van der Waals surface area contributed by atoms with Crippen LogP contribution in [0.2, 0.25) is 0 Å². The highest BCUT2D eigenvalue weighted by atomic mass is 16.2. The van der Waals surface area contributed by atoms with E-state index in [2.05, 4.69) is 29.6 Å². The van der Waals surface area contributed by atoms with E-state index in [-0.39, 0.29) is 5.91 Å². The van der Waals surface area contributed by atoms with E-state index in [1.54, 1.807) is 6.92 Å². The molecule has 0 spiro atoms. The summed E-state index contributed by atoms with van der Waals surface area (Å²) in [6.45, 7) is 2.41. The minimum atomic E-state index is -0.420. The van der Waals surface area contributed by atoms with Crippen LogP contribution in [0.15, 0.2) is 24.3 Å². The first-order valence-electron chi connectivity index (χ1n) is 5.79. The number of aryl methyl sites for hydroxylation is 1. The van der Waals surface area contributed by atoms with Gasteiger partial charge in [-0.15, -0.1) is 0 Å². The minimum absolute atomic E-state index is 0.0654. The van der Waals surface area contributed by atoms with Gasteiger partial charge in [0.05, 0.1) is 6.04 Å². The smallest absolute Gasteiger partial charge is 0.236 e. The van der Waals surface area contributed by atoms with Gasteiger partial charge in [0.2, 0.25) is 5.91 Å². The van der Waals surface area contributed by atoms with E-state index in [9.17, 15) is 4.79 Å². The van der Waals surface area contributed by atoms with Crippen molar-refractivity contribution in [1.82, 2.24) is 5.32 Å². The van der Waals surface area contributed by atoms with Crippen LogP contribution in [0, 0.1) is 0 Å². The number of hydrogen-bond acceptors (Lipinski definition) is 2. The fourth-order valence-electron chi connectivity index (χ4n) is 2.24. The van der Waals surface area contributed by atoms with Gasteiger partial charge in [0.15, 0.2) is 0 Å². The van der Waals surface area contributed by atoms with Crippen molar-refractivity contribution in [3.63, 3.8) is 0 Å². The van der Waals surface area contributed by atoms with Gasteiger partial charge >= 0.3 is 0 Å². The Morgan fingerprint density at radius 2 is 2.31 bits per heavy atom. The SMILES string of the molecule is C[C@H](N)C(=O)NCC1CCc2ccccc21. The molecule has 2 rings (SSSR count). The zero-order valence-electron chi connectivity index (χ0n) is 9.57. The molecule has 0 bridgehead atoms. The first-order valence-corrected chi connectivity index (χ1v) is 5.79. The fourth-order valence-corrected chi connectivity index (χ4v) is 2.24. The van der Waals surface area contributed by atoms with Crippen LogP contribution in [-0.4, -0.2) is 18.5 Å². The van der Waals surface area contributed by atoms with E-state index in [4.69, 9.17) is 5.73 Å². The zero-order valence-corrected chi connectivity index (χ0v) is 9.57. The van der Waals surface area contributed by atoms with Gasteiger partial charge in [0.25, 0.3) is 0 Å². The first kappa shape index (κ1) is 11.1.